The molecule has 1 amide bonds. The Hall–Kier alpha value is -1.50. The Morgan fingerprint density at radius 1 is 1.53 bits per heavy atom. The highest BCUT2D eigenvalue weighted by Crippen LogP contribution is 2.22. The summed E-state index contributed by atoms with van der Waals surface area (Å²) in [6.45, 7) is 0.246. The number of carbonyl (C=O) groups excluding carboxylic acids is 1. The summed E-state index contributed by atoms with van der Waals surface area (Å²) in [6, 6.07) is 1.70. The second-order valence-corrected chi connectivity index (χ2v) is 5.44. The standard InChI is InChI=1S/C12H10BrF2N3O/c13-7-1-10-12(16-2-7)9(15)5-17(10)6-11(19)18-3-8(14)4-18/h1-2,5,8H,3-4,6H2. The van der Waals surface area contributed by atoms with Gasteiger partial charge in [0.2, 0.25) is 5.91 Å². The molecule has 1 aliphatic heterocycles. The first-order valence-corrected chi connectivity index (χ1v) is 6.55. The lowest BCUT2D eigenvalue weighted by Gasteiger charge is -2.34. The molecule has 3 heterocycles. The van der Waals surface area contributed by atoms with Crippen molar-refractivity contribution in [3.05, 3.63) is 28.7 Å². The average Bonchev–Trinajstić information content (AvgIpc) is 2.62. The molecule has 0 spiro atoms. The normalized spacial score (nSPS) is 15.8. The number of alkyl halides is 1. The van der Waals surface area contributed by atoms with Crippen LogP contribution in [0, 0.1) is 5.82 Å². The lowest BCUT2D eigenvalue weighted by Crippen LogP contribution is -2.52. The summed E-state index contributed by atoms with van der Waals surface area (Å²) in [4.78, 5) is 17.3. The minimum absolute atomic E-state index is 0.00866. The molecule has 0 saturated carbocycles. The van der Waals surface area contributed by atoms with Gasteiger partial charge >= 0.3 is 0 Å². The zero-order valence-electron chi connectivity index (χ0n) is 9.81. The Morgan fingerprint density at radius 2 is 2.26 bits per heavy atom. The Balaban J connectivity index is 1.88. The molecule has 19 heavy (non-hydrogen) atoms. The summed E-state index contributed by atoms with van der Waals surface area (Å²) in [5.74, 6) is -0.687. The van der Waals surface area contributed by atoms with Gasteiger partial charge in [0.05, 0.1) is 18.6 Å². The number of pyridine rings is 1. The largest absolute Gasteiger partial charge is 0.335 e. The van der Waals surface area contributed by atoms with E-state index in [1.54, 1.807) is 6.07 Å². The fourth-order valence-corrected chi connectivity index (χ4v) is 2.42. The summed E-state index contributed by atoms with van der Waals surface area (Å²) in [5, 5.41) is 0. The minimum Gasteiger partial charge on any atom is -0.335 e. The quantitative estimate of drug-likeness (QED) is 0.846. The van der Waals surface area contributed by atoms with Crippen LogP contribution >= 0.6 is 15.9 Å². The van der Waals surface area contributed by atoms with Gasteiger partial charge in [-0.2, -0.15) is 0 Å². The molecule has 1 fully saturated rings. The maximum Gasteiger partial charge on any atom is 0.242 e. The molecule has 4 nitrogen and oxygen atoms in total. The molecule has 7 heteroatoms. The number of hydrogen-bond donors (Lipinski definition) is 0. The van der Waals surface area contributed by atoms with E-state index in [-0.39, 0.29) is 31.1 Å². The minimum atomic E-state index is -0.932. The van der Waals surface area contributed by atoms with Gasteiger partial charge in [-0.3, -0.25) is 9.78 Å². The van der Waals surface area contributed by atoms with E-state index in [1.165, 1.54) is 21.9 Å². The van der Waals surface area contributed by atoms with Crippen LogP contribution in [0.5, 0.6) is 0 Å². The number of hydrogen-bond acceptors (Lipinski definition) is 2. The molecule has 100 valence electrons. The van der Waals surface area contributed by atoms with Gasteiger partial charge in [-0.25, -0.2) is 8.78 Å². The third kappa shape index (κ3) is 2.22. The summed E-state index contributed by atoms with van der Waals surface area (Å²) in [5.41, 5.74) is 0.764. The van der Waals surface area contributed by atoms with Gasteiger partial charge in [-0.15, -0.1) is 0 Å². The third-order valence-electron chi connectivity index (χ3n) is 3.13. The number of nitrogens with zero attached hydrogens (tertiary/aromatic N) is 3. The highest BCUT2D eigenvalue weighted by molar-refractivity contribution is 9.10. The number of amides is 1. The van der Waals surface area contributed by atoms with Crippen molar-refractivity contribution in [2.45, 2.75) is 12.7 Å². The van der Waals surface area contributed by atoms with Crippen molar-refractivity contribution >= 4 is 32.9 Å². The number of halogens is 3. The van der Waals surface area contributed by atoms with Crippen LogP contribution in [-0.2, 0) is 11.3 Å². The number of fused-ring (bicyclic) bond motifs is 1. The SMILES string of the molecule is O=C(Cn1cc(F)c2ncc(Br)cc21)N1CC(F)C1. The Kier molecular flexibility index (Phi) is 3.00. The van der Waals surface area contributed by atoms with Crippen molar-refractivity contribution in [2.24, 2.45) is 0 Å². The van der Waals surface area contributed by atoms with Crippen LogP contribution in [0.2, 0.25) is 0 Å². The second kappa shape index (κ2) is 4.56. The molecule has 2 aromatic heterocycles. The molecule has 3 rings (SSSR count). The molecule has 0 aromatic carbocycles. The van der Waals surface area contributed by atoms with Crippen LogP contribution in [0.4, 0.5) is 8.78 Å². The highest BCUT2D eigenvalue weighted by atomic mass is 79.9. The van der Waals surface area contributed by atoms with E-state index >= 15 is 0 Å². The molecule has 0 radical (unpaired) electrons. The molecule has 1 saturated heterocycles. The highest BCUT2D eigenvalue weighted by Gasteiger charge is 2.30. The van der Waals surface area contributed by atoms with E-state index in [2.05, 4.69) is 20.9 Å². The predicted octanol–water partition coefficient (Wildman–Crippen LogP) is 2.12. The first kappa shape index (κ1) is 12.5. The number of likely N-dealkylation sites (tertiary alicyclic amines) is 1. The number of aromatic nitrogens is 2. The van der Waals surface area contributed by atoms with E-state index in [1.807, 2.05) is 0 Å². The van der Waals surface area contributed by atoms with Crippen LogP contribution < -0.4 is 0 Å². The van der Waals surface area contributed by atoms with E-state index in [4.69, 9.17) is 0 Å². The van der Waals surface area contributed by atoms with Gasteiger partial charge in [0.25, 0.3) is 0 Å². The van der Waals surface area contributed by atoms with Crippen molar-refractivity contribution in [1.82, 2.24) is 14.5 Å². The summed E-state index contributed by atoms with van der Waals surface area (Å²) >= 11 is 3.26. The zero-order chi connectivity index (χ0) is 13.6. The topological polar surface area (TPSA) is 38.1 Å². The van der Waals surface area contributed by atoms with Crippen LogP contribution in [0.3, 0.4) is 0 Å². The second-order valence-electron chi connectivity index (χ2n) is 4.52. The molecule has 1 aliphatic rings. The van der Waals surface area contributed by atoms with E-state index in [0.29, 0.717) is 9.99 Å². The van der Waals surface area contributed by atoms with Gasteiger partial charge < -0.3 is 9.47 Å². The van der Waals surface area contributed by atoms with Crippen molar-refractivity contribution in [3.8, 4) is 0 Å². The lowest BCUT2D eigenvalue weighted by atomic mass is 10.2. The molecular formula is C12H10BrF2N3O. The monoisotopic (exact) mass is 329 g/mol. The maximum atomic E-state index is 13.7. The van der Waals surface area contributed by atoms with E-state index in [9.17, 15) is 13.6 Å². The van der Waals surface area contributed by atoms with Gasteiger partial charge in [-0.05, 0) is 22.0 Å². The summed E-state index contributed by atoms with van der Waals surface area (Å²) in [6.07, 6.45) is 1.81. The van der Waals surface area contributed by atoms with Crippen molar-refractivity contribution < 1.29 is 13.6 Å². The van der Waals surface area contributed by atoms with Crippen LogP contribution in [0.15, 0.2) is 22.9 Å². The third-order valence-corrected chi connectivity index (χ3v) is 3.57. The Morgan fingerprint density at radius 3 is 2.95 bits per heavy atom. The van der Waals surface area contributed by atoms with Crippen molar-refractivity contribution in [1.29, 1.82) is 0 Å². The smallest absolute Gasteiger partial charge is 0.242 e. The molecule has 0 bridgehead atoms. The van der Waals surface area contributed by atoms with Crippen LogP contribution in [0.1, 0.15) is 0 Å². The molecule has 0 N–H and O–H groups in total. The number of carbonyl (C=O) groups is 1. The molecular weight excluding hydrogens is 320 g/mol. The molecule has 2 aromatic rings. The predicted molar refractivity (Wildman–Crippen MR) is 68.9 cm³/mol. The fraction of sp³-hybridized carbons (Fsp3) is 0.333. The van der Waals surface area contributed by atoms with Gasteiger partial charge in [0, 0.05) is 16.9 Å². The van der Waals surface area contributed by atoms with E-state index in [0.717, 1.165) is 0 Å². The molecule has 0 atom stereocenters. The molecule has 0 unspecified atom stereocenters. The number of rotatable bonds is 2. The Bertz CT molecular complexity index is 652. The maximum absolute atomic E-state index is 13.7. The first-order valence-electron chi connectivity index (χ1n) is 5.76. The first-order chi connectivity index (χ1) is 9.04. The van der Waals surface area contributed by atoms with Crippen LogP contribution in [-0.4, -0.2) is 39.6 Å². The summed E-state index contributed by atoms with van der Waals surface area (Å²) in [7, 11) is 0. The van der Waals surface area contributed by atoms with Crippen molar-refractivity contribution in [2.75, 3.05) is 13.1 Å². The zero-order valence-corrected chi connectivity index (χ0v) is 11.4. The Labute approximate surface area is 116 Å². The van der Waals surface area contributed by atoms with Gasteiger partial charge in [0.15, 0.2) is 5.82 Å². The lowest BCUT2D eigenvalue weighted by molar-refractivity contribution is -0.138. The fourth-order valence-electron chi connectivity index (χ4n) is 2.10. The van der Waals surface area contributed by atoms with Crippen molar-refractivity contribution in [3.63, 3.8) is 0 Å². The van der Waals surface area contributed by atoms with Crippen LogP contribution in [0.25, 0.3) is 11.0 Å². The van der Waals surface area contributed by atoms with Gasteiger partial charge in [0.1, 0.15) is 18.2 Å². The summed E-state index contributed by atoms with van der Waals surface area (Å²) < 4.78 is 28.6. The molecule has 0 aliphatic carbocycles. The van der Waals surface area contributed by atoms with Gasteiger partial charge in [-0.1, -0.05) is 0 Å². The van der Waals surface area contributed by atoms with E-state index < -0.39 is 12.0 Å². The average molecular weight is 330 g/mol.